The summed E-state index contributed by atoms with van der Waals surface area (Å²) in [6.07, 6.45) is 0. The topological polar surface area (TPSA) is 88.5 Å². The van der Waals surface area contributed by atoms with Crippen LogP contribution in [0.25, 0.3) is 0 Å². The van der Waals surface area contributed by atoms with Crippen LogP contribution in [0.15, 0.2) is 0 Å². The van der Waals surface area contributed by atoms with Crippen LogP contribution in [-0.2, 0) is 9.59 Å². The SMILES string of the molecule is CC(=O)C(=O)O.O=O. The number of carbonyl (C=O) groups is 2. The van der Waals surface area contributed by atoms with Gasteiger partial charge >= 0.3 is 5.97 Å². The summed E-state index contributed by atoms with van der Waals surface area (Å²) in [6.45, 7) is 1.00. The van der Waals surface area contributed by atoms with Gasteiger partial charge in [0, 0.05) is 16.9 Å². The van der Waals surface area contributed by atoms with E-state index in [2.05, 4.69) is 0 Å². The van der Waals surface area contributed by atoms with Gasteiger partial charge in [-0.05, 0) is 0 Å². The van der Waals surface area contributed by atoms with E-state index in [-0.39, 0.29) is 0 Å². The van der Waals surface area contributed by atoms with Crippen molar-refractivity contribution >= 4 is 11.8 Å². The first-order valence-electron chi connectivity index (χ1n) is 1.55. The summed E-state index contributed by atoms with van der Waals surface area (Å²) >= 11 is 0. The van der Waals surface area contributed by atoms with Crippen LogP contribution in [0.4, 0.5) is 0 Å². The summed E-state index contributed by atoms with van der Waals surface area (Å²) in [6, 6.07) is 0. The van der Waals surface area contributed by atoms with E-state index in [1.165, 1.54) is 0 Å². The first-order chi connectivity index (χ1) is 3.64. The molecule has 5 heteroatoms. The molecule has 0 saturated heterocycles. The Morgan fingerprint density at radius 2 is 1.38 bits per heavy atom. The zero-order chi connectivity index (χ0) is 7.15. The largest absolute Gasteiger partial charge is 0.476 e. The summed E-state index contributed by atoms with van der Waals surface area (Å²) in [4.78, 5) is 32.9. The Morgan fingerprint density at radius 1 is 1.25 bits per heavy atom. The molecule has 0 spiro atoms. The van der Waals surface area contributed by atoms with Crippen LogP contribution in [-0.4, -0.2) is 16.9 Å². The number of hydrogen-bond donors (Lipinski definition) is 1. The first kappa shape index (κ1) is 9.88. The normalized spacial score (nSPS) is 6.12. The van der Waals surface area contributed by atoms with Crippen molar-refractivity contribution in [2.45, 2.75) is 6.92 Å². The Hall–Kier alpha value is -1.26. The molecule has 0 aliphatic rings. The number of Topliss-reactive ketones (excluding diaryl/α,β-unsaturated/α-hetero) is 1. The van der Waals surface area contributed by atoms with Gasteiger partial charge in [-0.1, -0.05) is 0 Å². The summed E-state index contributed by atoms with van der Waals surface area (Å²) in [5, 5.41) is 7.64. The zero-order valence-electron chi connectivity index (χ0n) is 4.08. The van der Waals surface area contributed by atoms with E-state index in [9.17, 15) is 9.59 Å². The van der Waals surface area contributed by atoms with Crippen molar-refractivity contribution in [3.8, 4) is 0 Å². The van der Waals surface area contributed by atoms with Gasteiger partial charge in [0.05, 0.1) is 0 Å². The monoisotopic (exact) mass is 120 g/mol. The molecule has 0 saturated carbocycles. The molecule has 0 fully saturated rings. The van der Waals surface area contributed by atoms with Crippen LogP contribution >= 0.6 is 0 Å². The van der Waals surface area contributed by atoms with Crippen LogP contribution in [0.1, 0.15) is 6.92 Å². The van der Waals surface area contributed by atoms with Gasteiger partial charge in [0.1, 0.15) is 0 Å². The molecule has 0 aliphatic heterocycles. The van der Waals surface area contributed by atoms with Gasteiger partial charge < -0.3 is 5.11 Å². The highest BCUT2D eigenvalue weighted by Gasteiger charge is 1.98. The van der Waals surface area contributed by atoms with E-state index in [1.807, 2.05) is 0 Å². The van der Waals surface area contributed by atoms with Gasteiger partial charge in [-0.2, -0.15) is 0 Å². The Kier molecular flexibility index (Phi) is 7.09. The van der Waals surface area contributed by atoms with Crippen LogP contribution in [0, 0.1) is 9.93 Å². The highest BCUT2D eigenvalue weighted by atomic mass is 16.7. The second-order valence-corrected chi connectivity index (χ2v) is 0.861. The second-order valence-electron chi connectivity index (χ2n) is 0.861. The molecule has 0 radical (unpaired) electrons. The summed E-state index contributed by atoms with van der Waals surface area (Å²) in [5.41, 5.74) is 0. The van der Waals surface area contributed by atoms with Crippen LogP contribution in [0.3, 0.4) is 0 Å². The van der Waals surface area contributed by atoms with Crippen molar-refractivity contribution in [3.63, 3.8) is 0 Å². The maximum Gasteiger partial charge on any atom is 0.371 e. The molecule has 0 aromatic carbocycles. The van der Waals surface area contributed by atoms with Crippen molar-refractivity contribution in [2.75, 3.05) is 0 Å². The summed E-state index contributed by atoms with van der Waals surface area (Å²) < 4.78 is 0. The third-order valence-electron chi connectivity index (χ3n) is 0.301. The van der Waals surface area contributed by atoms with Crippen molar-refractivity contribution < 1.29 is 14.7 Å². The maximum atomic E-state index is 9.54. The quantitative estimate of drug-likeness (QED) is 0.481. The minimum absolute atomic E-state index is 0.824. The molecule has 0 atom stereocenters. The molecule has 8 heavy (non-hydrogen) atoms. The van der Waals surface area contributed by atoms with E-state index in [4.69, 9.17) is 15.0 Å². The number of rotatable bonds is 1. The predicted molar refractivity (Wildman–Crippen MR) is 25.1 cm³/mol. The van der Waals surface area contributed by atoms with Gasteiger partial charge in [0.15, 0.2) is 0 Å². The minimum Gasteiger partial charge on any atom is -0.476 e. The van der Waals surface area contributed by atoms with Crippen molar-refractivity contribution in [1.82, 2.24) is 0 Å². The lowest BCUT2D eigenvalue weighted by Crippen LogP contribution is -2.05. The molecular weight excluding hydrogens is 116 g/mol. The fourth-order valence-electron chi connectivity index (χ4n) is 0. The van der Waals surface area contributed by atoms with Crippen LogP contribution < -0.4 is 0 Å². The average molecular weight is 120 g/mol. The molecule has 0 bridgehead atoms. The zero-order valence-corrected chi connectivity index (χ0v) is 4.08. The number of carboxylic acids is 1. The van der Waals surface area contributed by atoms with E-state index < -0.39 is 11.8 Å². The molecule has 46 valence electrons. The summed E-state index contributed by atoms with van der Waals surface area (Å²) in [5.74, 6) is -2.20. The minimum atomic E-state index is -1.38. The van der Waals surface area contributed by atoms with Gasteiger partial charge in [0.25, 0.3) is 0 Å². The van der Waals surface area contributed by atoms with Crippen LogP contribution in [0.2, 0.25) is 0 Å². The second kappa shape index (κ2) is 5.74. The molecule has 0 heterocycles. The third-order valence-corrected chi connectivity index (χ3v) is 0.301. The standard InChI is InChI=1S/C3H4O3.O2/c1-2(4)3(5)6;1-2/h1H3,(H,5,6);. The van der Waals surface area contributed by atoms with Crippen molar-refractivity contribution in [2.24, 2.45) is 0 Å². The lowest BCUT2D eigenvalue weighted by Gasteiger charge is -1.73. The van der Waals surface area contributed by atoms with E-state index in [1.54, 1.807) is 0 Å². The number of carboxylic acid groups (broad SMARTS) is 1. The molecule has 0 aromatic heterocycles. The first-order valence-corrected chi connectivity index (χ1v) is 1.55. The molecule has 0 amide bonds. The smallest absolute Gasteiger partial charge is 0.371 e. The molecule has 5 nitrogen and oxygen atoms in total. The highest BCUT2D eigenvalue weighted by Crippen LogP contribution is 1.61. The number of ketones is 1. The summed E-state index contributed by atoms with van der Waals surface area (Å²) in [7, 11) is 0. The molecule has 0 aromatic rings. The predicted octanol–water partition coefficient (Wildman–Crippen LogP) is -0.273. The highest BCUT2D eigenvalue weighted by molar-refractivity contribution is 6.31. The molecule has 0 rings (SSSR count). The molecule has 0 aliphatic carbocycles. The van der Waals surface area contributed by atoms with Gasteiger partial charge in [-0.25, -0.2) is 4.79 Å². The lowest BCUT2D eigenvalue weighted by atomic mass is 10.5. The molecule has 0 unspecified atom stereocenters. The number of aliphatic carboxylic acids is 1. The Bertz CT molecular complexity index is 83.8. The van der Waals surface area contributed by atoms with E-state index >= 15 is 0 Å². The Morgan fingerprint density at radius 3 is 1.38 bits per heavy atom. The third kappa shape index (κ3) is 8.83. The number of carbonyl (C=O) groups excluding carboxylic acids is 1. The van der Waals surface area contributed by atoms with Crippen LogP contribution in [0.5, 0.6) is 0 Å². The fourth-order valence-corrected chi connectivity index (χ4v) is 0. The van der Waals surface area contributed by atoms with E-state index in [0.717, 1.165) is 6.92 Å². The maximum absolute atomic E-state index is 9.54. The van der Waals surface area contributed by atoms with Crippen molar-refractivity contribution in [3.05, 3.63) is 9.93 Å². The van der Waals surface area contributed by atoms with Gasteiger partial charge in [-0.3, -0.25) is 4.79 Å². The van der Waals surface area contributed by atoms with Gasteiger partial charge in [0.2, 0.25) is 5.78 Å². The average Bonchev–Trinajstić information content (AvgIpc) is 1.72. The lowest BCUT2D eigenvalue weighted by molar-refractivity contribution is -0.148. The molecular formula is C3H4O5. The Balaban J connectivity index is 0. The van der Waals surface area contributed by atoms with E-state index in [0.29, 0.717) is 0 Å². The number of hydrogen-bond acceptors (Lipinski definition) is 4. The Labute approximate surface area is 44.5 Å². The fraction of sp³-hybridized carbons (Fsp3) is 0.333. The molecule has 1 N–H and O–H groups in total. The van der Waals surface area contributed by atoms with Gasteiger partial charge in [-0.15, -0.1) is 0 Å². The van der Waals surface area contributed by atoms with Crippen molar-refractivity contribution in [1.29, 1.82) is 0 Å².